The van der Waals surface area contributed by atoms with Crippen molar-refractivity contribution >= 4 is 5.91 Å². The maximum Gasteiger partial charge on any atom is 0.230 e. The van der Waals surface area contributed by atoms with Crippen LogP contribution in [-0.2, 0) is 14.9 Å². The van der Waals surface area contributed by atoms with Crippen molar-refractivity contribution in [3.63, 3.8) is 0 Å². The fourth-order valence-electron chi connectivity index (χ4n) is 4.09. The fraction of sp³-hybridized carbons (Fsp3) is 0.650. The van der Waals surface area contributed by atoms with Crippen molar-refractivity contribution in [1.29, 1.82) is 0 Å². The molecule has 2 fully saturated rings. The third kappa shape index (κ3) is 3.98. The lowest BCUT2D eigenvalue weighted by molar-refractivity contribution is -0.127. The van der Waals surface area contributed by atoms with E-state index in [-0.39, 0.29) is 11.3 Å². The smallest absolute Gasteiger partial charge is 0.230 e. The Labute approximate surface area is 150 Å². The van der Waals surface area contributed by atoms with Crippen molar-refractivity contribution in [2.75, 3.05) is 40.0 Å². The van der Waals surface area contributed by atoms with Crippen LogP contribution in [-0.4, -0.2) is 56.8 Å². The zero-order valence-electron chi connectivity index (χ0n) is 15.4. The lowest BCUT2D eigenvalue weighted by Crippen LogP contribution is -2.50. The highest BCUT2D eigenvalue weighted by molar-refractivity contribution is 5.88. The molecule has 1 amide bonds. The predicted octanol–water partition coefficient (Wildman–Crippen LogP) is 2.34. The molecule has 5 heteroatoms. The average molecular weight is 346 g/mol. The third-order valence-electron chi connectivity index (χ3n) is 5.76. The van der Waals surface area contributed by atoms with Crippen molar-refractivity contribution in [3.05, 3.63) is 29.8 Å². The van der Waals surface area contributed by atoms with E-state index in [2.05, 4.69) is 29.3 Å². The van der Waals surface area contributed by atoms with Gasteiger partial charge in [0.2, 0.25) is 5.91 Å². The Morgan fingerprint density at radius 2 is 1.88 bits per heavy atom. The number of rotatable bonds is 6. The van der Waals surface area contributed by atoms with Crippen LogP contribution in [0.5, 0.6) is 5.75 Å². The van der Waals surface area contributed by atoms with Gasteiger partial charge < -0.3 is 14.8 Å². The monoisotopic (exact) mass is 346 g/mol. The summed E-state index contributed by atoms with van der Waals surface area (Å²) in [5, 5.41) is 3.24. The molecule has 5 nitrogen and oxygen atoms in total. The molecule has 1 atom stereocenters. The molecule has 0 radical (unpaired) electrons. The van der Waals surface area contributed by atoms with E-state index in [0.29, 0.717) is 12.6 Å². The van der Waals surface area contributed by atoms with Gasteiger partial charge in [0, 0.05) is 25.7 Å². The Bertz CT molecular complexity index is 561. The van der Waals surface area contributed by atoms with Crippen LogP contribution in [0.2, 0.25) is 0 Å². The highest BCUT2D eigenvalue weighted by Crippen LogP contribution is 2.41. The number of nitrogens with one attached hydrogen (secondary N) is 1. The molecule has 0 aromatic heterocycles. The summed E-state index contributed by atoms with van der Waals surface area (Å²) in [5.41, 5.74) is 0.735. The summed E-state index contributed by atoms with van der Waals surface area (Å²) in [6, 6.07) is 8.35. The molecule has 1 saturated carbocycles. The topological polar surface area (TPSA) is 50.8 Å². The Kier molecular flexibility index (Phi) is 5.97. The molecule has 1 heterocycles. The van der Waals surface area contributed by atoms with E-state index in [9.17, 15) is 4.79 Å². The first kappa shape index (κ1) is 18.2. The zero-order chi connectivity index (χ0) is 17.7. The molecule has 1 aliphatic heterocycles. The number of benzene rings is 1. The van der Waals surface area contributed by atoms with Crippen molar-refractivity contribution in [2.24, 2.45) is 0 Å². The Morgan fingerprint density at radius 1 is 1.24 bits per heavy atom. The van der Waals surface area contributed by atoms with Crippen LogP contribution in [0.15, 0.2) is 24.3 Å². The molecule has 3 rings (SSSR count). The number of ether oxygens (including phenoxy) is 2. The van der Waals surface area contributed by atoms with E-state index in [1.807, 2.05) is 12.1 Å². The maximum atomic E-state index is 13.1. The van der Waals surface area contributed by atoms with Crippen LogP contribution in [0.1, 0.15) is 38.2 Å². The van der Waals surface area contributed by atoms with Gasteiger partial charge >= 0.3 is 0 Å². The van der Waals surface area contributed by atoms with E-state index in [1.165, 1.54) is 0 Å². The summed E-state index contributed by atoms with van der Waals surface area (Å²) < 4.78 is 10.7. The van der Waals surface area contributed by atoms with Gasteiger partial charge in [-0.15, -0.1) is 0 Å². The van der Waals surface area contributed by atoms with E-state index in [0.717, 1.165) is 63.3 Å². The van der Waals surface area contributed by atoms with E-state index in [1.54, 1.807) is 7.11 Å². The molecular weight excluding hydrogens is 316 g/mol. The van der Waals surface area contributed by atoms with Gasteiger partial charge in [-0.25, -0.2) is 0 Å². The molecule has 0 spiro atoms. The zero-order valence-corrected chi connectivity index (χ0v) is 15.4. The normalized spacial score (nSPS) is 21.7. The molecule has 2 aliphatic rings. The molecule has 25 heavy (non-hydrogen) atoms. The fourth-order valence-corrected chi connectivity index (χ4v) is 4.09. The van der Waals surface area contributed by atoms with Crippen molar-refractivity contribution < 1.29 is 14.3 Å². The Morgan fingerprint density at radius 3 is 2.48 bits per heavy atom. The van der Waals surface area contributed by atoms with E-state index >= 15 is 0 Å². The summed E-state index contributed by atoms with van der Waals surface area (Å²) >= 11 is 0. The predicted molar refractivity (Wildman–Crippen MR) is 98.0 cm³/mol. The molecule has 1 aromatic rings. The highest BCUT2D eigenvalue weighted by atomic mass is 16.5. The molecule has 1 saturated heterocycles. The van der Waals surface area contributed by atoms with Gasteiger partial charge in [-0.1, -0.05) is 25.0 Å². The second-order valence-corrected chi connectivity index (χ2v) is 7.23. The van der Waals surface area contributed by atoms with Gasteiger partial charge in [-0.3, -0.25) is 9.69 Å². The standard InChI is InChI=1S/C20H30N2O3/c1-16(22-11-13-25-14-12-22)15-21-19(23)20(9-3-4-10-20)17-5-7-18(24-2)8-6-17/h5-8,16H,3-4,9-15H2,1-2H3,(H,21,23)/t16-/m0/s1. The van der Waals surface area contributed by atoms with Crippen molar-refractivity contribution in [3.8, 4) is 5.75 Å². The number of methoxy groups -OCH3 is 1. The largest absolute Gasteiger partial charge is 0.497 e. The number of carbonyl (C=O) groups is 1. The van der Waals surface area contributed by atoms with E-state index in [4.69, 9.17) is 9.47 Å². The van der Waals surface area contributed by atoms with Crippen LogP contribution in [0.3, 0.4) is 0 Å². The van der Waals surface area contributed by atoms with Gasteiger partial charge in [0.1, 0.15) is 5.75 Å². The summed E-state index contributed by atoms with van der Waals surface area (Å²) in [5.74, 6) is 1.01. The number of hydrogen-bond donors (Lipinski definition) is 1. The van der Waals surface area contributed by atoms with Gasteiger partial charge in [-0.2, -0.15) is 0 Å². The highest BCUT2D eigenvalue weighted by Gasteiger charge is 2.42. The number of morpholine rings is 1. The molecule has 1 N–H and O–H groups in total. The van der Waals surface area contributed by atoms with Crippen LogP contribution in [0.4, 0.5) is 0 Å². The lowest BCUT2D eigenvalue weighted by atomic mass is 9.78. The number of carbonyl (C=O) groups excluding carboxylic acids is 1. The number of nitrogens with zero attached hydrogens (tertiary/aromatic N) is 1. The second-order valence-electron chi connectivity index (χ2n) is 7.23. The quantitative estimate of drug-likeness (QED) is 0.859. The van der Waals surface area contributed by atoms with Crippen molar-refractivity contribution in [1.82, 2.24) is 10.2 Å². The lowest BCUT2D eigenvalue weighted by Gasteiger charge is -2.34. The second kappa shape index (κ2) is 8.19. The van der Waals surface area contributed by atoms with Gasteiger partial charge in [0.15, 0.2) is 0 Å². The Balaban J connectivity index is 1.66. The third-order valence-corrected chi connectivity index (χ3v) is 5.76. The minimum atomic E-state index is -0.378. The van der Waals surface area contributed by atoms with Crippen LogP contribution in [0.25, 0.3) is 0 Å². The molecule has 1 aliphatic carbocycles. The van der Waals surface area contributed by atoms with Crippen LogP contribution < -0.4 is 10.1 Å². The summed E-state index contributed by atoms with van der Waals surface area (Å²) in [6.45, 7) is 6.33. The first-order valence-electron chi connectivity index (χ1n) is 9.40. The first-order chi connectivity index (χ1) is 12.2. The maximum absolute atomic E-state index is 13.1. The van der Waals surface area contributed by atoms with Crippen LogP contribution >= 0.6 is 0 Å². The number of hydrogen-bond acceptors (Lipinski definition) is 4. The SMILES string of the molecule is COc1ccc(C2(C(=O)NC[C@H](C)N3CCOCC3)CCCC2)cc1. The molecule has 0 bridgehead atoms. The molecule has 0 unspecified atom stereocenters. The number of amides is 1. The van der Waals surface area contributed by atoms with Gasteiger partial charge in [0.25, 0.3) is 0 Å². The van der Waals surface area contributed by atoms with Crippen LogP contribution in [0, 0.1) is 0 Å². The van der Waals surface area contributed by atoms with Gasteiger partial charge in [-0.05, 0) is 37.5 Å². The minimum absolute atomic E-state index is 0.176. The van der Waals surface area contributed by atoms with E-state index < -0.39 is 0 Å². The van der Waals surface area contributed by atoms with Gasteiger partial charge in [0.05, 0.1) is 25.7 Å². The first-order valence-corrected chi connectivity index (χ1v) is 9.40. The molecule has 138 valence electrons. The Hall–Kier alpha value is -1.59. The average Bonchev–Trinajstić information content (AvgIpc) is 3.17. The summed E-state index contributed by atoms with van der Waals surface area (Å²) in [4.78, 5) is 15.5. The summed E-state index contributed by atoms with van der Waals surface area (Å²) in [6.07, 6.45) is 4.07. The minimum Gasteiger partial charge on any atom is -0.497 e. The molecule has 1 aromatic carbocycles. The summed E-state index contributed by atoms with van der Waals surface area (Å²) in [7, 11) is 1.67. The van der Waals surface area contributed by atoms with Crippen molar-refractivity contribution in [2.45, 2.75) is 44.1 Å². The molecular formula is C20H30N2O3.